The fourth-order valence-corrected chi connectivity index (χ4v) is 3.26. The van der Waals surface area contributed by atoms with Crippen LogP contribution in [0.25, 0.3) is 0 Å². The van der Waals surface area contributed by atoms with Crippen molar-refractivity contribution in [1.82, 2.24) is 10.2 Å². The number of nitrogens with zero attached hydrogens (tertiary/aromatic N) is 1. The molecule has 1 saturated heterocycles. The highest BCUT2D eigenvalue weighted by atomic mass is 16.2. The normalized spacial score (nSPS) is 34.4. The Morgan fingerprint density at radius 2 is 2.12 bits per heavy atom. The third-order valence-electron chi connectivity index (χ3n) is 4.21. The highest BCUT2D eigenvalue weighted by molar-refractivity contribution is 5.84. The number of amides is 1. The largest absolute Gasteiger partial charge is 0.338 e. The van der Waals surface area contributed by atoms with Crippen LogP contribution in [0.3, 0.4) is 0 Å². The lowest BCUT2D eigenvalue weighted by molar-refractivity contribution is -0.132. The zero-order valence-corrected chi connectivity index (χ0v) is 10.8. The zero-order chi connectivity index (χ0) is 11.8. The van der Waals surface area contributed by atoms with Crippen molar-refractivity contribution in [2.45, 2.75) is 58.0 Å². The van der Waals surface area contributed by atoms with Crippen LogP contribution in [0.5, 0.6) is 0 Å². The predicted molar refractivity (Wildman–Crippen MR) is 65.2 cm³/mol. The molecule has 0 radical (unpaired) electrons. The SMILES string of the molecule is CNC1CCN(C2CCCC(C)(C)C2)C1=O. The number of likely N-dealkylation sites (N-methyl/N-ethyl adjacent to an activating group) is 1. The number of carbonyl (C=O) groups excluding carboxylic acids is 1. The maximum Gasteiger partial charge on any atom is 0.240 e. The molecule has 1 aliphatic carbocycles. The standard InChI is InChI=1S/C13H24N2O/c1-13(2)7-4-5-10(9-13)15-8-6-11(14-3)12(15)16/h10-11,14H,4-9H2,1-3H3. The summed E-state index contributed by atoms with van der Waals surface area (Å²) < 4.78 is 0. The van der Waals surface area contributed by atoms with Gasteiger partial charge in [-0.15, -0.1) is 0 Å². The first-order valence-electron chi connectivity index (χ1n) is 6.51. The molecular formula is C13H24N2O. The molecule has 1 saturated carbocycles. The van der Waals surface area contributed by atoms with Crippen molar-refractivity contribution in [1.29, 1.82) is 0 Å². The molecule has 0 aromatic carbocycles. The van der Waals surface area contributed by atoms with Gasteiger partial charge in [-0.1, -0.05) is 20.3 Å². The van der Waals surface area contributed by atoms with E-state index in [1.807, 2.05) is 7.05 Å². The van der Waals surface area contributed by atoms with Gasteiger partial charge in [-0.2, -0.15) is 0 Å². The monoisotopic (exact) mass is 224 g/mol. The molecule has 0 bridgehead atoms. The van der Waals surface area contributed by atoms with Gasteiger partial charge in [0, 0.05) is 12.6 Å². The Hall–Kier alpha value is -0.570. The number of nitrogens with one attached hydrogen (secondary N) is 1. The van der Waals surface area contributed by atoms with Gasteiger partial charge in [0.1, 0.15) is 0 Å². The fraction of sp³-hybridized carbons (Fsp3) is 0.923. The van der Waals surface area contributed by atoms with Gasteiger partial charge in [0.25, 0.3) is 0 Å². The molecule has 2 unspecified atom stereocenters. The highest BCUT2D eigenvalue weighted by Gasteiger charge is 2.38. The molecule has 16 heavy (non-hydrogen) atoms. The molecule has 1 N–H and O–H groups in total. The Labute approximate surface area is 98.6 Å². The molecule has 1 amide bonds. The topological polar surface area (TPSA) is 32.3 Å². The summed E-state index contributed by atoms with van der Waals surface area (Å²) in [6, 6.07) is 0.569. The molecule has 3 heteroatoms. The van der Waals surface area contributed by atoms with E-state index in [-0.39, 0.29) is 6.04 Å². The van der Waals surface area contributed by atoms with E-state index in [1.54, 1.807) is 0 Å². The number of carbonyl (C=O) groups is 1. The summed E-state index contributed by atoms with van der Waals surface area (Å²) in [6.45, 7) is 5.61. The van der Waals surface area contributed by atoms with E-state index in [4.69, 9.17) is 0 Å². The van der Waals surface area contributed by atoms with Gasteiger partial charge in [-0.05, 0) is 38.1 Å². The van der Waals surface area contributed by atoms with Crippen molar-refractivity contribution in [3.05, 3.63) is 0 Å². The Morgan fingerprint density at radius 1 is 1.38 bits per heavy atom. The van der Waals surface area contributed by atoms with Crippen molar-refractivity contribution in [2.24, 2.45) is 5.41 Å². The van der Waals surface area contributed by atoms with Gasteiger partial charge < -0.3 is 10.2 Å². The summed E-state index contributed by atoms with van der Waals surface area (Å²) in [4.78, 5) is 14.2. The summed E-state index contributed by atoms with van der Waals surface area (Å²) in [5.74, 6) is 0.324. The average Bonchev–Trinajstić information content (AvgIpc) is 2.58. The Balaban J connectivity index is 2.00. The summed E-state index contributed by atoms with van der Waals surface area (Å²) >= 11 is 0. The minimum Gasteiger partial charge on any atom is -0.338 e. The summed E-state index contributed by atoms with van der Waals surface area (Å²) in [7, 11) is 1.89. The molecule has 0 spiro atoms. The molecule has 0 aromatic rings. The Bertz CT molecular complexity index is 275. The fourth-order valence-electron chi connectivity index (χ4n) is 3.26. The Kier molecular flexibility index (Phi) is 3.24. The van der Waals surface area contributed by atoms with Crippen LogP contribution in [0.2, 0.25) is 0 Å². The minimum atomic E-state index is 0.0741. The van der Waals surface area contributed by atoms with Gasteiger partial charge >= 0.3 is 0 Å². The Morgan fingerprint density at radius 3 is 2.69 bits per heavy atom. The van der Waals surface area contributed by atoms with Crippen LogP contribution < -0.4 is 5.32 Å². The molecule has 2 atom stereocenters. The van der Waals surface area contributed by atoms with Crippen LogP contribution in [-0.4, -0.2) is 36.5 Å². The second-order valence-electron chi connectivity index (χ2n) is 6.08. The van der Waals surface area contributed by atoms with E-state index in [1.165, 1.54) is 25.7 Å². The molecule has 1 aliphatic heterocycles. The van der Waals surface area contributed by atoms with Crippen LogP contribution in [-0.2, 0) is 4.79 Å². The van der Waals surface area contributed by atoms with E-state index in [0.29, 0.717) is 17.4 Å². The lowest BCUT2D eigenvalue weighted by atomic mass is 9.75. The third kappa shape index (κ3) is 2.24. The summed E-state index contributed by atoms with van der Waals surface area (Å²) in [5, 5.41) is 3.11. The van der Waals surface area contributed by atoms with Gasteiger partial charge in [0.15, 0.2) is 0 Å². The minimum absolute atomic E-state index is 0.0741. The smallest absolute Gasteiger partial charge is 0.240 e. The van der Waals surface area contributed by atoms with E-state index in [2.05, 4.69) is 24.1 Å². The maximum atomic E-state index is 12.1. The van der Waals surface area contributed by atoms with Crippen LogP contribution >= 0.6 is 0 Å². The summed E-state index contributed by atoms with van der Waals surface area (Å²) in [5.41, 5.74) is 0.418. The molecule has 92 valence electrons. The molecule has 2 fully saturated rings. The van der Waals surface area contributed by atoms with Gasteiger partial charge in [0.2, 0.25) is 5.91 Å². The van der Waals surface area contributed by atoms with Crippen molar-refractivity contribution >= 4 is 5.91 Å². The van der Waals surface area contributed by atoms with Crippen molar-refractivity contribution in [3.8, 4) is 0 Å². The van der Waals surface area contributed by atoms with Crippen molar-refractivity contribution in [3.63, 3.8) is 0 Å². The highest BCUT2D eigenvalue weighted by Crippen LogP contribution is 2.38. The first kappa shape index (κ1) is 11.9. The first-order chi connectivity index (χ1) is 7.53. The molecule has 2 aliphatic rings. The third-order valence-corrected chi connectivity index (χ3v) is 4.21. The summed E-state index contributed by atoms with van der Waals surface area (Å²) in [6.07, 6.45) is 5.93. The van der Waals surface area contributed by atoms with Crippen molar-refractivity contribution in [2.75, 3.05) is 13.6 Å². The van der Waals surface area contributed by atoms with Crippen LogP contribution in [0.4, 0.5) is 0 Å². The van der Waals surface area contributed by atoms with Gasteiger partial charge in [-0.3, -0.25) is 4.79 Å². The first-order valence-corrected chi connectivity index (χ1v) is 6.51. The number of hydrogen-bond donors (Lipinski definition) is 1. The molecule has 0 aromatic heterocycles. The van der Waals surface area contributed by atoms with E-state index < -0.39 is 0 Å². The number of likely N-dealkylation sites (tertiary alicyclic amines) is 1. The van der Waals surface area contributed by atoms with E-state index >= 15 is 0 Å². The van der Waals surface area contributed by atoms with Crippen LogP contribution in [0.15, 0.2) is 0 Å². The second-order valence-corrected chi connectivity index (χ2v) is 6.08. The van der Waals surface area contributed by atoms with Crippen molar-refractivity contribution < 1.29 is 4.79 Å². The van der Waals surface area contributed by atoms with E-state index in [9.17, 15) is 4.79 Å². The van der Waals surface area contributed by atoms with Crippen LogP contribution in [0, 0.1) is 5.41 Å². The van der Waals surface area contributed by atoms with Gasteiger partial charge in [0.05, 0.1) is 6.04 Å². The quantitative estimate of drug-likeness (QED) is 0.775. The average molecular weight is 224 g/mol. The lowest BCUT2D eigenvalue weighted by Gasteiger charge is -2.39. The zero-order valence-electron chi connectivity index (χ0n) is 10.8. The van der Waals surface area contributed by atoms with E-state index in [0.717, 1.165) is 13.0 Å². The predicted octanol–water partition coefficient (Wildman–Crippen LogP) is 1.78. The number of hydrogen-bond acceptors (Lipinski definition) is 2. The maximum absolute atomic E-state index is 12.1. The molecule has 3 nitrogen and oxygen atoms in total. The lowest BCUT2D eigenvalue weighted by Crippen LogP contribution is -2.45. The molecule has 1 heterocycles. The number of rotatable bonds is 2. The molecular weight excluding hydrogens is 200 g/mol. The van der Waals surface area contributed by atoms with Gasteiger partial charge in [-0.25, -0.2) is 0 Å². The molecule has 2 rings (SSSR count). The van der Waals surface area contributed by atoms with Crippen LogP contribution in [0.1, 0.15) is 46.0 Å². The second kappa shape index (κ2) is 4.36.